The van der Waals surface area contributed by atoms with Gasteiger partial charge in [0.25, 0.3) is 10.2 Å². The normalized spacial score (nSPS) is 27.5. The molecule has 0 radical (unpaired) electrons. The first-order chi connectivity index (χ1) is 10.4. The SMILES string of the molecule is Cc1nnsc1CN1C[C@H]2CC[C@@H]1CN(S(=O)(=O)N(C)C)C2. The molecule has 1 aromatic rings. The van der Waals surface area contributed by atoms with Gasteiger partial charge in [0.1, 0.15) is 0 Å². The molecule has 9 heteroatoms. The van der Waals surface area contributed by atoms with Crippen molar-refractivity contribution in [1.82, 2.24) is 23.1 Å². The van der Waals surface area contributed by atoms with E-state index >= 15 is 0 Å². The van der Waals surface area contributed by atoms with Crippen molar-refractivity contribution in [1.29, 1.82) is 0 Å². The van der Waals surface area contributed by atoms with E-state index in [9.17, 15) is 8.42 Å². The number of fused-ring (bicyclic) bond motifs is 4. The lowest BCUT2D eigenvalue weighted by atomic mass is 9.95. The smallest absolute Gasteiger partial charge is 0.281 e. The maximum absolute atomic E-state index is 12.5. The Bertz CT molecular complexity index is 630. The second kappa shape index (κ2) is 6.12. The van der Waals surface area contributed by atoms with Crippen molar-refractivity contribution in [3.63, 3.8) is 0 Å². The average molecular weight is 345 g/mol. The van der Waals surface area contributed by atoms with Crippen molar-refractivity contribution in [2.45, 2.75) is 32.4 Å². The fourth-order valence-corrected chi connectivity index (χ4v) is 5.21. The number of aromatic nitrogens is 2. The van der Waals surface area contributed by atoms with Crippen molar-refractivity contribution in [2.75, 3.05) is 33.7 Å². The summed E-state index contributed by atoms with van der Waals surface area (Å²) in [5.41, 5.74) is 0.989. The van der Waals surface area contributed by atoms with Crippen LogP contribution in [0.4, 0.5) is 0 Å². The summed E-state index contributed by atoms with van der Waals surface area (Å²) in [6.07, 6.45) is 2.18. The zero-order valence-corrected chi connectivity index (χ0v) is 14.9. The molecule has 0 amide bonds. The Hall–Kier alpha value is -0.610. The maximum atomic E-state index is 12.5. The molecule has 0 aliphatic carbocycles. The van der Waals surface area contributed by atoms with Crippen molar-refractivity contribution in [3.8, 4) is 0 Å². The van der Waals surface area contributed by atoms with Crippen molar-refractivity contribution < 1.29 is 8.42 Å². The summed E-state index contributed by atoms with van der Waals surface area (Å²) >= 11 is 1.45. The van der Waals surface area contributed by atoms with Crippen molar-refractivity contribution >= 4 is 21.7 Å². The minimum absolute atomic E-state index is 0.287. The Morgan fingerprint density at radius 3 is 2.68 bits per heavy atom. The predicted octanol–water partition coefficient (Wildman–Crippen LogP) is 0.549. The largest absolute Gasteiger partial charge is 0.294 e. The minimum Gasteiger partial charge on any atom is -0.294 e. The van der Waals surface area contributed by atoms with Crippen LogP contribution in [0.3, 0.4) is 0 Å². The zero-order valence-electron chi connectivity index (χ0n) is 13.3. The van der Waals surface area contributed by atoms with E-state index in [0.717, 1.165) is 31.6 Å². The van der Waals surface area contributed by atoms with Gasteiger partial charge in [-0.1, -0.05) is 4.49 Å². The van der Waals surface area contributed by atoms with E-state index in [1.807, 2.05) is 6.92 Å². The van der Waals surface area contributed by atoms with E-state index in [-0.39, 0.29) is 6.04 Å². The standard InChI is InChI=1S/C13H23N5O2S2/c1-10-13(21-15-14-10)9-17-6-11-4-5-12(17)8-18(7-11)22(19,20)16(2)3/h11-12H,4-9H2,1-3H3/t11-,12-/m1/s1. The molecular weight excluding hydrogens is 322 g/mol. The summed E-state index contributed by atoms with van der Waals surface area (Å²) < 4.78 is 31.9. The predicted molar refractivity (Wildman–Crippen MR) is 85.7 cm³/mol. The Kier molecular flexibility index (Phi) is 4.52. The molecule has 3 aliphatic rings. The average Bonchev–Trinajstić information content (AvgIpc) is 2.68. The summed E-state index contributed by atoms with van der Waals surface area (Å²) in [4.78, 5) is 3.61. The van der Waals surface area contributed by atoms with E-state index in [4.69, 9.17) is 0 Å². The molecule has 0 aromatic carbocycles. The second-order valence-corrected chi connectivity index (χ2v) is 9.40. The molecule has 4 heterocycles. The Balaban J connectivity index is 1.78. The highest BCUT2D eigenvalue weighted by molar-refractivity contribution is 7.86. The summed E-state index contributed by atoms with van der Waals surface area (Å²) in [5.74, 6) is 0.412. The summed E-state index contributed by atoms with van der Waals surface area (Å²) in [6, 6.07) is 0.287. The summed E-state index contributed by atoms with van der Waals surface area (Å²) in [5, 5.41) is 4.07. The van der Waals surface area contributed by atoms with E-state index < -0.39 is 10.2 Å². The van der Waals surface area contributed by atoms with Gasteiger partial charge in [-0.15, -0.1) is 5.10 Å². The quantitative estimate of drug-likeness (QED) is 0.797. The molecule has 0 unspecified atom stereocenters. The van der Waals surface area contributed by atoms with E-state index in [1.165, 1.54) is 20.7 Å². The van der Waals surface area contributed by atoms with Gasteiger partial charge in [-0.3, -0.25) is 4.90 Å². The Morgan fingerprint density at radius 1 is 1.27 bits per heavy atom. The highest BCUT2D eigenvalue weighted by Crippen LogP contribution is 2.31. The molecule has 7 nitrogen and oxygen atoms in total. The van der Waals surface area contributed by atoms with Gasteiger partial charge in [0, 0.05) is 46.3 Å². The molecule has 0 N–H and O–H groups in total. The lowest BCUT2D eigenvalue weighted by molar-refractivity contribution is 0.126. The number of aryl methyl sites for hydroxylation is 1. The number of hydrogen-bond donors (Lipinski definition) is 0. The molecule has 0 spiro atoms. The van der Waals surface area contributed by atoms with Crippen LogP contribution < -0.4 is 0 Å². The zero-order chi connectivity index (χ0) is 15.9. The number of rotatable bonds is 4. The number of piperidine rings is 1. The third kappa shape index (κ3) is 3.05. The van der Waals surface area contributed by atoms with Gasteiger partial charge in [0.2, 0.25) is 0 Å². The van der Waals surface area contributed by atoms with Gasteiger partial charge in [0.05, 0.1) is 10.6 Å². The molecule has 4 rings (SSSR count). The molecule has 2 atom stereocenters. The monoisotopic (exact) mass is 345 g/mol. The van der Waals surface area contributed by atoms with Crippen LogP contribution in [-0.2, 0) is 16.8 Å². The van der Waals surface area contributed by atoms with Gasteiger partial charge in [-0.05, 0) is 37.2 Å². The molecule has 2 bridgehead atoms. The van der Waals surface area contributed by atoms with Gasteiger partial charge >= 0.3 is 0 Å². The fourth-order valence-electron chi connectivity index (χ4n) is 3.33. The first-order valence-electron chi connectivity index (χ1n) is 7.57. The van der Waals surface area contributed by atoms with Crippen LogP contribution >= 0.6 is 11.5 Å². The fraction of sp³-hybridized carbons (Fsp3) is 0.846. The van der Waals surface area contributed by atoms with Gasteiger partial charge in [-0.25, -0.2) is 0 Å². The van der Waals surface area contributed by atoms with Crippen LogP contribution in [0.15, 0.2) is 0 Å². The van der Waals surface area contributed by atoms with Crippen LogP contribution in [-0.4, -0.2) is 71.3 Å². The third-order valence-corrected chi connectivity index (χ3v) is 7.36. The minimum atomic E-state index is -3.32. The van der Waals surface area contributed by atoms with E-state index in [1.54, 1.807) is 18.4 Å². The second-order valence-electron chi connectivity index (χ2n) is 6.42. The van der Waals surface area contributed by atoms with Crippen LogP contribution in [0.5, 0.6) is 0 Å². The molecule has 3 fully saturated rings. The van der Waals surface area contributed by atoms with Crippen LogP contribution in [0.2, 0.25) is 0 Å². The molecule has 0 saturated carbocycles. The molecule has 124 valence electrons. The number of nitrogens with zero attached hydrogens (tertiary/aromatic N) is 5. The molecule has 22 heavy (non-hydrogen) atoms. The molecule has 3 saturated heterocycles. The molecule has 1 aromatic heterocycles. The molecule has 3 aliphatic heterocycles. The third-order valence-electron chi connectivity index (χ3n) is 4.67. The van der Waals surface area contributed by atoms with Crippen LogP contribution in [0, 0.1) is 12.8 Å². The summed E-state index contributed by atoms with van der Waals surface area (Å²) in [6.45, 7) is 5.00. The highest BCUT2D eigenvalue weighted by Gasteiger charge is 2.39. The summed E-state index contributed by atoms with van der Waals surface area (Å²) in [7, 11) is -0.118. The van der Waals surface area contributed by atoms with E-state index in [2.05, 4.69) is 14.5 Å². The Labute approximate surface area is 136 Å². The van der Waals surface area contributed by atoms with E-state index in [0.29, 0.717) is 19.0 Å². The number of hydrogen-bond acceptors (Lipinski definition) is 6. The Morgan fingerprint density at radius 2 is 2.05 bits per heavy atom. The maximum Gasteiger partial charge on any atom is 0.281 e. The van der Waals surface area contributed by atoms with Crippen molar-refractivity contribution in [3.05, 3.63) is 10.6 Å². The van der Waals surface area contributed by atoms with Gasteiger partial charge < -0.3 is 0 Å². The lowest BCUT2D eigenvalue weighted by Gasteiger charge is -2.35. The lowest BCUT2D eigenvalue weighted by Crippen LogP contribution is -2.45. The first kappa shape index (κ1) is 16.3. The highest BCUT2D eigenvalue weighted by atomic mass is 32.2. The topological polar surface area (TPSA) is 69.6 Å². The van der Waals surface area contributed by atoms with Crippen LogP contribution in [0.1, 0.15) is 23.4 Å². The van der Waals surface area contributed by atoms with Crippen LogP contribution in [0.25, 0.3) is 0 Å². The molecular formula is C13H23N5O2S2. The van der Waals surface area contributed by atoms with Gasteiger partial charge in [0.15, 0.2) is 0 Å². The van der Waals surface area contributed by atoms with Crippen molar-refractivity contribution in [2.24, 2.45) is 5.92 Å². The first-order valence-corrected chi connectivity index (χ1v) is 9.74. The van der Waals surface area contributed by atoms with Gasteiger partial charge in [-0.2, -0.15) is 17.0 Å².